The molecule has 0 fully saturated rings. The summed E-state index contributed by atoms with van der Waals surface area (Å²) in [5.41, 5.74) is 22.3. The summed E-state index contributed by atoms with van der Waals surface area (Å²) in [6.45, 7) is 1.88. The number of nitrogens with zero attached hydrogens (tertiary/aromatic N) is 2. The number of carboxylic acids is 1. The van der Waals surface area contributed by atoms with Gasteiger partial charge in [0.25, 0.3) is 0 Å². The smallest absolute Gasteiger partial charge is 0.326 e. The number of imidazole rings is 1. The van der Waals surface area contributed by atoms with Crippen LogP contribution in [0.4, 0.5) is 0 Å². The van der Waals surface area contributed by atoms with Gasteiger partial charge in [0.1, 0.15) is 24.2 Å². The predicted octanol–water partition coefficient (Wildman–Crippen LogP) is -3.62. The van der Waals surface area contributed by atoms with Crippen LogP contribution < -0.4 is 38.9 Å². The van der Waals surface area contributed by atoms with Gasteiger partial charge in [-0.3, -0.25) is 19.4 Å². The van der Waals surface area contributed by atoms with Crippen molar-refractivity contribution in [1.29, 1.82) is 0 Å². The number of unbranched alkanes of at least 4 members (excludes halogenated alkanes) is 1. The summed E-state index contributed by atoms with van der Waals surface area (Å²) < 4.78 is 0. The van der Waals surface area contributed by atoms with E-state index in [0.717, 1.165) is 0 Å². The second-order valence-electron chi connectivity index (χ2n) is 8.80. The van der Waals surface area contributed by atoms with Gasteiger partial charge in [-0.25, -0.2) is 9.78 Å². The molecule has 38 heavy (non-hydrogen) atoms. The summed E-state index contributed by atoms with van der Waals surface area (Å²) in [7, 11) is 0. The van der Waals surface area contributed by atoms with Crippen LogP contribution in [0.5, 0.6) is 0 Å². The molecule has 3 amide bonds. The summed E-state index contributed by atoms with van der Waals surface area (Å²) in [6, 6.07) is -4.84. The summed E-state index contributed by atoms with van der Waals surface area (Å²) in [5, 5.41) is 26.7. The summed E-state index contributed by atoms with van der Waals surface area (Å²) in [5.74, 6) is -3.60. The Hall–Kier alpha value is -3.76. The van der Waals surface area contributed by atoms with Crippen LogP contribution >= 0.6 is 0 Å². The number of carbonyl (C=O) groups is 4. The summed E-state index contributed by atoms with van der Waals surface area (Å²) in [6.07, 6.45) is 3.24. The molecule has 0 saturated heterocycles. The maximum absolute atomic E-state index is 13.2. The molecule has 1 aromatic rings. The zero-order valence-corrected chi connectivity index (χ0v) is 21.4. The number of amides is 3. The van der Waals surface area contributed by atoms with Crippen molar-refractivity contribution in [3.8, 4) is 0 Å². The number of aliphatic imine (C=N–C) groups is 1. The Labute approximate surface area is 220 Å². The Morgan fingerprint density at radius 2 is 1.61 bits per heavy atom. The van der Waals surface area contributed by atoms with Crippen LogP contribution in [-0.4, -0.2) is 93.2 Å². The average Bonchev–Trinajstić information content (AvgIpc) is 3.36. The second-order valence-corrected chi connectivity index (χ2v) is 8.80. The average molecular weight is 541 g/mol. The van der Waals surface area contributed by atoms with E-state index in [1.54, 1.807) is 0 Å². The number of rotatable bonds is 18. The van der Waals surface area contributed by atoms with Crippen LogP contribution in [0.2, 0.25) is 0 Å². The van der Waals surface area contributed by atoms with Crippen molar-refractivity contribution < 1.29 is 29.4 Å². The summed E-state index contributed by atoms with van der Waals surface area (Å²) in [4.78, 5) is 61.0. The Bertz CT molecular complexity index is 920. The van der Waals surface area contributed by atoms with E-state index in [0.29, 0.717) is 31.5 Å². The number of nitrogens with two attached hydrogens (primary N) is 4. The van der Waals surface area contributed by atoms with Crippen molar-refractivity contribution in [3.05, 3.63) is 18.2 Å². The SMILES string of the molecule is CC(O)C(N)C(=O)NC(CCCN=C(N)N)C(=O)NC(Cc1cnc[nH]1)C(=O)NC(CCCCN)C(=O)O. The van der Waals surface area contributed by atoms with Gasteiger partial charge in [-0.15, -0.1) is 0 Å². The van der Waals surface area contributed by atoms with Crippen molar-refractivity contribution in [2.75, 3.05) is 13.1 Å². The number of aliphatic hydroxyl groups is 1. The van der Waals surface area contributed by atoms with E-state index in [4.69, 9.17) is 22.9 Å². The normalized spacial score (nSPS) is 14.8. The third-order valence-corrected chi connectivity index (χ3v) is 5.57. The summed E-state index contributed by atoms with van der Waals surface area (Å²) >= 11 is 0. The molecule has 0 aliphatic carbocycles. The van der Waals surface area contributed by atoms with Crippen LogP contribution in [0.1, 0.15) is 44.7 Å². The number of aliphatic carboxylic acids is 1. The third-order valence-electron chi connectivity index (χ3n) is 5.57. The lowest BCUT2D eigenvalue weighted by atomic mass is 10.1. The van der Waals surface area contributed by atoms with Gasteiger partial charge >= 0.3 is 5.97 Å². The molecule has 0 aromatic carbocycles. The number of H-pyrrole nitrogens is 1. The monoisotopic (exact) mass is 540 g/mol. The fourth-order valence-electron chi connectivity index (χ4n) is 3.38. The first-order valence-electron chi connectivity index (χ1n) is 12.3. The molecule has 1 aromatic heterocycles. The molecular formula is C22H40N10O6. The standard InChI is InChI=1S/C22H40N10O6/c1-12(33)17(24)20(36)30-14(6-4-8-28-22(25)26)18(34)32-16(9-13-10-27-11-29-13)19(35)31-15(21(37)38)5-2-3-7-23/h10-12,14-17,33H,2-9,23-24H2,1H3,(H,27,29)(H,30,36)(H,31,35)(H,32,34)(H,37,38)(H4,25,26,28). The lowest BCUT2D eigenvalue weighted by molar-refractivity contribution is -0.142. The minimum Gasteiger partial charge on any atom is -0.480 e. The van der Waals surface area contributed by atoms with Gasteiger partial charge in [0.05, 0.1) is 12.4 Å². The van der Waals surface area contributed by atoms with E-state index in [-0.39, 0.29) is 31.8 Å². The topological polar surface area (TPSA) is 290 Å². The number of carboxylic acid groups (broad SMARTS) is 1. The van der Waals surface area contributed by atoms with Crippen molar-refractivity contribution >= 4 is 29.7 Å². The van der Waals surface area contributed by atoms with Gasteiger partial charge in [-0.1, -0.05) is 0 Å². The van der Waals surface area contributed by atoms with Crippen molar-refractivity contribution in [3.63, 3.8) is 0 Å². The maximum Gasteiger partial charge on any atom is 0.326 e. The Morgan fingerprint density at radius 1 is 1.00 bits per heavy atom. The third kappa shape index (κ3) is 12.0. The second kappa shape index (κ2) is 16.9. The molecular weight excluding hydrogens is 500 g/mol. The first-order valence-corrected chi connectivity index (χ1v) is 12.3. The first kappa shape index (κ1) is 32.3. The number of aromatic amines is 1. The fourth-order valence-corrected chi connectivity index (χ4v) is 3.38. The molecule has 0 spiro atoms. The number of hydrogen-bond donors (Lipinski definition) is 10. The van der Waals surface area contributed by atoms with Gasteiger partial charge in [0.2, 0.25) is 17.7 Å². The van der Waals surface area contributed by atoms with Crippen LogP contribution in [0, 0.1) is 0 Å². The van der Waals surface area contributed by atoms with Gasteiger partial charge in [0, 0.05) is 24.9 Å². The number of aliphatic hydroxyl groups excluding tert-OH is 1. The molecule has 0 saturated carbocycles. The van der Waals surface area contributed by atoms with Gasteiger partial charge < -0.3 is 54.1 Å². The Balaban J connectivity index is 3.08. The van der Waals surface area contributed by atoms with E-state index in [9.17, 15) is 29.4 Å². The number of carbonyl (C=O) groups excluding carboxylic acids is 3. The Kier molecular flexibility index (Phi) is 14.3. The molecule has 1 rings (SSSR count). The van der Waals surface area contributed by atoms with Gasteiger partial charge in [0.15, 0.2) is 5.96 Å². The van der Waals surface area contributed by atoms with E-state index in [1.807, 2.05) is 0 Å². The van der Waals surface area contributed by atoms with E-state index < -0.39 is 54.0 Å². The van der Waals surface area contributed by atoms with E-state index in [1.165, 1.54) is 19.4 Å². The number of nitrogens with one attached hydrogen (secondary N) is 4. The molecule has 0 aliphatic rings. The first-order chi connectivity index (χ1) is 18.0. The van der Waals surface area contributed by atoms with E-state index in [2.05, 4.69) is 30.9 Å². The minimum atomic E-state index is -1.29. The number of aromatic nitrogens is 2. The van der Waals surface area contributed by atoms with Crippen LogP contribution in [-0.2, 0) is 25.6 Å². The number of hydrogen-bond acceptors (Lipinski definition) is 9. The molecule has 214 valence electrons. The molecule has 16 heteroatoms. The van der Waals surface area contributed by atoms with Crippen LogP contribution in [0.3, 0.4) is 0 Å². The molecule has 0 aliphatic heterocycles. The maximum atomic E-state index is 13.2. The molecule has 14 N–H and O–H groups in total. The highest BCUT2D eigenvalue weighted by Gasteiger charge is 2.31. The lowest BCUT2D eigenvalue weighted by Gasteiger charge is -2.25. The highest BCUT2D eigenvalue weighted by Crippen LogP contribution is 2.06. The molecule has 5 atom stereocenters. The predicted molar refractivity (Wildman–Crippen MR) is 138 cm³/mol. The zero-order valence-electron chi connectivity index (χ0n) is 21.4. The zero-order chi connectivity index (χ0) is 28.7. The quantitative estimate of drug-likeness (QED) is 0.0492. The largest absolute Gasteiger partial charge is 0.480 e. The molecule has 0 radical (unpaired) electrons. The molecule has 0 bridgehead atoms. The Morgan fingerprint density at radius 3 is 2.16 bits per heavy atom. The van der Waals surface area contributed by atoms with E-state index >= 15 is 0 Å². The van der Waals surface area contributed by atoms with Gasteiger partial charge in [-0.05, 0) is 45.6 Å². The highest BCUT2D eigenvalue weighted by atomic mass is 16.4. The van der Waals surface area contributed by atoms with Gasteiger partial charge in [-0.2, -0.15) is 0 Å². The van der Waals surface area contributed by atoms with Crippen molar-refractivity contribution in [1.82, 2.24) is 25.9 Å². The molecule has 1 heterocycles. The number of guanidine groups is 1. The molecule has 16 nitrogen and oxygen atoms in total. The molecule has 5 unspecified atom stereocenters. The van der Waals surface area contributed by atoms with Crippen LogP contribution in [0.15, 0.2) is 17.5 Å². The van der Waals surface area contributed by atoms with Crippen molar-refractivity contribution in [2.24, 2.45) is 27.9 Å². The minimum absolute atomic E-state index is 0.0332. The highest BCUT2D eigenvalue weighted by molar-refractivity contribution is 5.94. The fraction of sp³-hybridized carbons (Fsp3) is 0.636. The van der Waals surface area contributed by atoms with Crippen LogP contribution in [0.25, 0.3) is 0 Å². The lowest BCUT2D eigenvalue weighted by Crippen LogP contribution is -2.58. The van der Waals surface area contributed by atoms with Crippen molar-refractivity contribution in [2.45, 2.75) is 75.7 Å².